The third-order valence-corrected chi connectivity index (χ3v) is 5.64. The lowest BCUT2D eigenvalue weighted by Gasteiger charge is -2.28. The number of hydrogen-bond donors (Lipinski definition) is 1. The number of benzene rings is 1. The summed E-state index contributed by atoms with van der Waals surface area (Å²) < 4.78 is 5.27. The lowest BCUT2D eigenvalue weighted by molar-refractivity contribution is -0.129. The van der Waals surface area contributed by atoms with Gasteiger partial charge in [0, 0.05) is 25.3 Å². The van der Waals surface area contributed by atoms with Crippen molar-refractivity contribution in [2.45, 2.75) is 26.3 Å². The molecule has 1 N–H and O–H groups in total. The van der Waals surface area contributed by atoms with Crippen molar-refractivity contribution in [2.75, 3.05) is 45.2 Å². The van der Waals surface area contributed by atoms with Gasteiger partial charge < -0.3 is 24.2 Å². The molecule has 1 aliphatic rings. The molecule has 0 radical (unpaired) electrons. The molecule has 1 atom stereocenters. The first-order valence-electron chi connectivity index (χ1n) is 10.7. The van der Waals surface area contributed by atoms with Crippen molar-refractivity contribution in [1.29, 1.82) is 0 Å². The monoisotopic (exact) mass is 425 g/mol. The molecule has 166 valence electrons. The molecule has 2 aromatic rings. The molecule has 7 heteroatoms. The second-order valence-corrected chi connectivity index (χ2v) is 7.89. The van der Waals surface area contributed by atoms with E-state index in [9.17, 15) is 14.7 Å². The van der Waals surface area contributed by atoms with Crippen LogP contribution in [0.15, 0.2) is 58.4 Å². The highest BCUT2D eigenvalue weighted by Crippen LogP contribution is 2.39. The summed E-state index contributed by atoms with van der Waals surface area (Å²) in [4.78, 5) is 31.9. The Bertz CT molecular complexity index is 928. The van der Waals surface area contributed by atoms with E-state index in [-0.39, 0.29) is 11.3 Å². The Balaban J connectivity index is 1.98. The second kappa shape index (κ2) is 9.83. The van der Waals surface area contributed by atoms with Crippen LogP contribution in [0.25, 0.3) is 0 Å². The number of aliphatic hydroxyl groups excluding tert-OH is 1. The smallest absolute Gasteiger partial charge is 0.290 e. The normalized spacial score (nSPS) is 16.5. The quantitative estimate of drug-likeness (QED) is 0.586. The standard InChI is InChI=1S/C24H31N3O4/c1-5-26(6-2)18-12-10-17(11-13-18)21-20(22(28)19-9-7-16-31-19)23(29)24(30)27(21)15-8-14-25(3)4/h7,9-13,16,21,29H,5-6,8,14-15H2,1-4H3. The fourth-order valence-electron chi connectivity index (χ4n) is 4.02. The lowest BCUT2D eigenvalue weighted by Crippen LogP contribution is -2.33. The first kappa shape index (κ1) is 22.6. The highest BCUT2D eigenvalue weighted by atomic mass is 16.3. The van der Waals surface area contributed by atoms with Gasteiger partial charge in [0.2, 0.25) is 5.78 Å². The minimum atomic E-state index is -0.655. The average molecular weight is 426 g/mol. The molecule has 0 saturated heterocycles. The zero-order chi connectivity index (χ0) is 22.5. The van der Waals surface area contributed by atoms with E-state index in [0.717, 1.165) is 37.3 Å². The number of anilines is 1. The number of ketones is 1. The predicted molar refractivity (Wildman–Crippen MR) is 120 cm³/mol. The molecule has 2 heterocycles. The average Bonchev–Trinajstić information content (AvgIpc) is 3.38. The van der Waals surface area contributed by atoms with Gasteiger partial charge in [0.05, 0.1) is 17.9 Å². The number of carbonyl (C=O) groups excluding carboxylic acids is 2. The largest absolute Gasteiger partial charge is 0.503 e. The fourth-order valence-corrected chi connectivity index (χ4v) is 4.02. The van der Waals surface area contributed by atoms with Gasteiger partial charge in [-0.1, -0.05) is 12.1 Å². The summed E-state index contributed by atoms with van der Waals surface area (Å²) in [6, 6.07) is 10.4. The maximum Gasteiger partial charge on any atom is 0.290 e. The lowest BCUT2D eigenvalue weighted by atomic mass is 9.94. The van der Waals surface area contributed by atoms with Crippen molar-refractivity contribution >= 4 is 17.4 Å². The minimum absolute atomic E-state index is 0.0698. The zero-order valence-corrected chi connectivity index (χ0v) is 18.7. The Morgan fingerprint density at radius 3 is 2.35 bits per heavy atom. The number of carbonyl (C=O) groups is 2. The van der Waals surface area contributed by atoms with Crippen LogP contribution in [0.1, 0.15) is 42.4 Å². The maximum absolute atomic E-state index is 13.1. The third kappa shape index (κ3) is 4.66. The molecule has 0 aliphatic carbocycles. The van der Waals surface area contributed by atoms with E-state index in [2.05, 4.69) is 18.7 Å². The SMILES string of the molecule is CCN(CC)c1ccc(C2C(C(=O)c3ccco3)=C(O)C(=O)N2CCCN(C)C)cc1. The molecule has 0 bridgehead atoms. The molecule has 3 rings (SSSR count). The van der Waals surface area contributed by atoms with Gasteiger partial charge in [-0.15, -0.1) is 0 Å². The number of nitrogens with zero attached hydrogens (tertiary/aromatic N) is 3. The Morgan fingerprint density at radius 1 is 1.13 bits per heavy atom. The summed E-state index contributed by atoms with van der Waals surface area (Å²) in [5.74, 6) is -1.38. The van der Waals surface area contributed by atoms with Gasteiger partial charge >= 0.3 is 0 Å². The summed E-state index contributed by atoms with van der Waals surface area (Å²) in [5.41, 5.74) is 1.93. The Labute approximate surface area is 183 Å². The van der Waals surface area contributed by atoms with E-state index in [0.29, 0.717) is 6.54 Å². The summed E-state index contributed by atoms with van der Waals surface area (Å²) in [6.07, 6.45) is 2.13. The van der Waals surface area contributed by atoms with Crippen LogP contribution in [0.3, 0.4) is 0 Å². The predicted octanol–water partition coefficient (Wildman–Crippen LogP) is 3.66. The molecule has 1 amide bonds. The van der Waals surface area contributed by atoms with Crippen LogP contribution in [0.4, 0.5) is 5.69 Å². The van der Waals surface area contributed by atoms with E-state index in [4.69, 9.17) is 4.42 Å². The van der Waals surface area contributed by atoms with Crippen LogP contribution < -0.4 is 4.90 Å². The number of aliphatic hydroxyl groups is 1. The van der Waals surface area contributed by atoms with Crippen molar-refractivity contribution in [3.63, 3.8) is 0 Å². The highest BCUT2D eigenvalue weighted by Gasteiger charge is 2.44. The number of Topliss-reactive ketones (excluding diaryl/α,β-unsaturated/α-hetero) is 1. The molecular weight excluding hydrogens is 394 g/mol. The highest BCUT2D eigenvalue weighted by molar-refractivity contribution is 6.15. The minimum Gasteiger partial charge on any atom is -0.503 e. The second-order valence-electron chi connectivity index (χ2n) is 7.89. The van der Waals surface area contributed by atoms with Gasteiger partial charge in [-0.05, 0) is 70.7 Å². The molecule has 1 unspecified atom stereocenters. The molecule has 0 spiro atoms. The zero-order valence-electron chi connectivity index (χ0n) is 18.7. The molecule has 1 aromatic carbocycles. The first-order chi connectivity index (χ1) is 14.9. The van der Waals surface area contributed by atoms with Gasteiger partial charge in [-0.25, -0.2) is 0 Å². The van der Waals surface area contributed by atoms with Crippen LogP contribution in [0, 0.1) is 0 Å². The molecule has 31 heavy (non-hydrogen) atoms. The van der Waals surface area contributed by atoms with E-state index in [1.807, 2.05) is 43.3 Å². The number of hydrogen-bond acceptors (Lipinski definition) is 6. The van der Waals surface area contributed by atoms with Crippen molar-refractivity contribution in [3.8, 4) is 0 Å². The van der Waals surface area contributed by atoms with Crippen molar-refractivity contribution in [1.82, 2.24) is 9.80 Å². The summed E-state index contributed by atoms with van der Waals surface area (Å²) in [7, 11) is 3.94. The summed E-state index contributed by atoms with van der Waals surface area (Å²) in [6.45, 7) is 7.19. The van der Waals surface area contributed by atoms with Gasteiger partial charge in [-0.3, -0.25) is 9.59 Å². The van der Waals surface area contributed by atoms with Gasteiger partial charge in [0.15, 0.2) is 11.5 Å². The number of amides is 1. The third-order valence-electron chi connectivity index (χ3n) is 5.64. The van der Waals surface area contributed by atoms with E-state index >= 15 is 0 Å². The van der Waals surface area contributed by atoms with Crippen LogP contribution >= 0.6 is 0 Å². The molecule has 1 aromatic heterocycles. The van der Waals surface area contributed by atoms with Crippen molar-refractivity contribution in [2.24, 2.45) is 0 Å². The Morgan fingerprint density at radius 2 is 1.81 bits per heavy atom. The van der Waals surface area contributed by atoms with Gasteiger partial charge in [-0.2, -0.15) is 0 Å². The first-order valence-corrected chi connectivity index (χ1v) is 10.7. The summed E-state index contributed by atoms with van der Waals surface area (Å²) in [5, 5.41) is 10.7. The molecule has 7 nitrogen and oxygen atoms in total. The van der Waals surface area contributed by atoms with E-state index < -0.39 is 23.5 Å². The van der Waals surface area contributed by atoms with Gasteiger partial charge in [0.1, 0.15) is 0 Å². The fraction of sp³-hybridized carbons (Fsp3) is 0.417. The van der Waals surface area contributed by atoms with Crippen LogP contribution in [-0.2, 0) is 4.79 Å². The summed E-state index contributed by atoms with van der Waals surface area (Å²) >= 11 is 0. The van der Waals surface area contributed by atoms with E-state index in [1.165, 1.54) is 6.26 Å². The topological polar surface area (TPSA) is 77.2 Å². The van der Waals surface area contributed by atoms with Crippen LogP contribution in [0.5, 0.6) is 0 Å². The van der Waals surface area contributed by atoms with Crippen LogP contribution in [-0.4, -0.2) is 66.9 Å². The molecule has 0 fully saturated rings. The maximum atomic E-state index is 13.1. The Kier molecular flexibility index (Phi) is 7.17. The molecule has 1 aliphatic heterocycles. The number of furan rings is 1. The van der Waals surface area contributed by atoms with Crippen LogP contribution in [0.2, 0.25) is 0 Å². The number of rotatable bonds is 10. The van der Waals surface area contributed by atoms with Crippen molar-refractivity contribution in [3.05, 3.63) is 65.3 Å². The van der Waals surface area contributed by atoms with Crippen molar-refractivity contribution < 1.29 is 19.1 Å². The molecular formula is C24H31N3O4. The Hall–Kier alpha value is -3.06. The van der Waals surface area contributed by atoms with Gasteiger partial charge in [0.25, 0.3) is 5.91 Å². The van der Waals surface area contributed by atoms with E-state index in [1.54, 1.807) is 17.0 Å². The molecule has 0 saturated carbocycles.